The van der Waals surface area contributed by atoms with Gasteiger partial charge in [0.15, 0.2) is 0 Å². The summed E-state index contributed by atoms with van der Waals surface area (Å²) in [7, 11) is 0. The summed E-state index contributed by atoms with van der Waals surface area (Å²) in [6, 6.07) is 10.5. The van der Waals surface area contributed by atoms with Crippen LogP contribution in [0, 0.1) is 0 Å². The Morgan fingerprint density at radius 1 is 1.18 bits per heavy atom. The molecule has 1 aromatic heterocycles. The van der Waals surface area contributed by atoms with E-state index in [2.05, 4.69) is 66.0 Å². The Bertz CT molecular complexity index is 1020. The predicted octanol–water partition coefficient (Wildman–Crippen LogP) is 5.45. The Morgan fingerprint density at radius 3 is 2.76 bits per heavy atom. The molecule has 1 aromatic carbocycles. The van der Waals surface area contributed by atoms with E-state index in [4.69, 9.17) is 14.7 Å². The van der Waals surface area contributed by atoms with Gasteiger partial charge in [0, 0.05) is 31.0 Å². The fraction of sp³-hybridized carbons (Fsp3) is 0.370. The van der Waals surface area contributed by atoms with Crippen LogP contribution in [0.3, 0.4) is 0 Å². The Kier molecular flexibility index (Phi) is 10.4. The highest BCUT2D eigenvalue weighted by molar-refractivity contribution is 7.97. The average molecular weight is 479 g/mol. The maximum Gasteiger partial charge on any atom is 0.255 e. The van der Waals surface area contributed by atoms with Crippen molar-refractivity contribution in [3.63, 3.8) is 0 Å². The monoisotopic (exact) mass is 478 g/mol. The molecule has 1 aliphatic rings. The fourth-order valence-corrected chi connectivity index (χ4v) is 4.00. The van der Waals surface area contributed by atoms with Crippen LogP contribution >= 0.6 is 11.9 Å². The van der Waals surface area contributed by atoms with Crippen molar-refractivity contribution in [2.45, 2.75) is 39.2 Å². The summed E-state index contributed by atoms with van der Waals surface area (Å²) in [5.74, 6) is 0.767. The molecular formula is C27H34N4O2S. The van der Waals surface area contributed by atoms with Crippen LogP contribution in [-0.2, 0) is 9.53 Å². The number of hydrogen-bond donors (Lipinski definition) is 1. The van der Waals surface area contributed by atoms with Gasteiger partial charge in [0.25, 0.3) is 5.91 Å². The number of anilines is 1. The second-order valence-corrected chi connectivity index (χ2v) is 8.86. The first kappa shape index (κ1) is 25.7. The standard InChI is InChI=1S/C27H34N4O2S/c1-21(2)31(17-11-12-18-33-20-25(32)30-34-3)24-19-28-26(22-13-7-4-5-8-14-22)27(29-24)23-15-9-6-10-16-23/h4-7,9-10,13-16,19,21H,8,11-12,17-18,20H2,1-3H3,(H,30,32). The van der Waals surface area contributed by atoms with Gasteiger partial charge in [-0.1, -0.05) is 72.7 Å². The van der Waals surface area contributed by atoms with Crippen LogP contribution in [0.4, 0.5) is 5.82 Å². The lowest BCUT2D eigenvalue weighted by atomic mass is 10.0. The molecule has 0 saturated heterocycles. The number of carbonyl (C=O) groups is 1. The molecule has 1 heterocycles. The minimum atomic E-state index is -0.102. The zero-order chi connectivity index (χ0) is 24.2. The minimum Gasteiger partial charge on any atom is -0.372 e. The van der Waals surface area contributed by atoms with Crippen LogP contribution < -0.4 is 9.62 Å². The summed E-state index contributed by atoms with van der Waals surface area (Å²) in [5, 5.41) is 0. The molecule has 2 aromatic rings. The number of nitrogens with one attached hydrogen (secondary N) is 1. The van der Waals surface area contributed by atoms with E-state index in [1.54, 1.807) is 0 Å². The maximum absolute atomic E-state index is 11.5. The van der Waals surface area contributed by atoms with Gasteiger partial charge in [-0.25, -0.2) is 4.98 Å². The summed E-state index contributed by atoms with van der Waals surface area (Å²) < 4.78 is 8.14. The molecular weight excluding hydrogens is 444 g/mol. The van der Waals surface area contributed by atoms with Gasteiger partial charge in [0.2, 0.25) is 0 Å². The molecule has 3 rings (SSSR count). The van der Waals surface area contributed by atoms with Crippen LogP contribution in [0.25, 0.3) is 16.8 Å². The Hall–Kier alpha value is -2.90. The minimum absolute atomic E-state index is 0.0991. The van der Waals surface area contributed by atoms with Crippen LogP contribution in [0.5, 0.6) is 0 Å². The number of nitrogens with zero attached hydrogens (tertiary/aromatic N) is 3. The lowest BCUT2D eigenvalue weighted by molar-refractivity contribution is -0.123. The van der Waals surface area contributed by atoms with E-state index in [9.17, 15) is 4.79 Å². The summed E-state index contributed by atoms with van der Waals surface area (Å²) in [4.78, 5) is 23.8. The molecule has 6 nitrogen and oxygen atoms in total. The molecule has 180 valence electrons. The van der Waals surface area contributed by atoms with Crippen molar-refractivity contribution in [2.24, 2.45) is 0 Å². The Labute approximate surface area is 207 Å². The van der Waals surface area contributed by atoms with Gasteiger partial charge in [-0.05, 0) is 38.7 Å². The van der Waals surface area contributed by atoms with Crippen LogP contribution in [0.15, 0.2) is 66.9 Å². The predicted molar refractivity (Wildman–Crippen MR) is 143 cm³/mol. The first-order chi connectivity index (χ1) is 16.6. The van der Waals surface area contributed by atoms with E-state index >= 15 is 0 Å². The maximum atomic E-state index is 11.5. The zero-order valence-corrected chi connectivity index (χ0v) is 21.1. The summed E-state index contributed by atoms with van der Waals surface area (Å²) in [6.45, 7) is 5.84. The molecule has 0 aliphatic heterocycles. The van der Waals surface area contributed by atoms with Crippen LogP contribution in [-0.4, -0.2) is 47.9 Å². The number of ether oxygens (including phenoxy) is 1. The van der Waals surface area contributed by atoms with Gasteiger partial charge in [-0.3, -0.25) is 14.5 Å². The van der Waals surface area contributed by atoms with Gasteiger partial charge in [0.05, 0.1) is 17.6 Å². The number of rotatable bonds is 12. The van der Waals surface area contributed by atoms with Gasteiger partial charge in [-0.2, -0.15) is 0 Å². The molecule has 1 N–H and O–H groups in total. The molecule has 0 atom stereocenters. The number of unbranched alkanes of at least 4 members (excludes halogenated alkanes) is 1. The van der Waals surface area contributed by atoms with Crippen molar-refractivity contribution in [3.8, 4) is 11.3 Å². The molecule has 0 bridgehead atoms. The smallest absolute Gasteiger partial charge is 0.255 e. The number of allylic oxidation sites excluding steroid dienone is 6. The van der Waals surface area contributed by atoms with Gasteiger partial charge >= 0.3 is 0 Å². The summed E-state index contributed by atoms with van der Waals surface area (Å²) in [6.07, 6.45) is 16.9. The third kappa shape index (κ3) is 7.57. The molecule has 0 unspecified atom stereocenters. The van der Waals surface area contributed by atoms with E-state index < -0.39 is 0 Å². The van der Waals surface area contributed by atoms with E-state index in [0.29, 0.717) is 6.61 Å². The van der Waals surface area contributed by atoms with E-state index in [1.165, 1.54) is 11.9 Å². The normalized spacial score (nSPS) is 13.0. The lowest BCUT2D eigenvalue weighted by Crippen LogP contribution is -2.33. The summed E-state index contributed by atoms with van der Waals surface area (Å²) in [5.41, 5.74) is 3.93. The molecule has 7 heteroatoms. The van der Waals surface area contributed by atoms with Crippen molar-refractivity contribution in [3.05, 3.63) is 72.6 Å². The molecule has 0 fully saturated rings. The first-order valence-electron chi connectivity index (χ1n) is 11.7. The third-order valence-corrected chi connectivity index (χ3v) is 5.81. The third-order valence-electron chi connectivity index (χ3n) is 5.38. The van der Waals surface area contributed by atoms with E-state index in [-0.39, 0.29) is 18.6 Å². The zero-order valence-electron chi connectivity index (χ0n) is 20.2. The van der Waals surface area contributed by atoms with Crippen LogP contribution in [0.2, 0.25) is 0 Å². The number of hydrogen-bond acceptors (Lipinski definition) is 6. The fourth-order valence-electron chi connectivity index (χ4n) is 3.71. The van der Waals surface area contributed by atoms with E-state index in [0.717, 1.165) is 54.1 Å². The first-order valence-corrected chi connectivity index (χ1v) is 12.9. The van der Waals surface area contributed by atoms with Crippen LogP contribution in [0.1, 0.15) is 38.8 Å². The Morgan fingerprint density at radius 2 is 2.00 bits per heavy atom. The van der Waals surface area contributed by atoms with E-state index in [1.807, 2.05) is 30.7 Å². The quantitative estimate of drug-likeness (QED) is 0.323. The second kappa shape index (κ2) is 13.7. The van der Waals surface area contributed by atoms with Crippen molar-refractivity contribution in [2.75, 3.05) is 30.9 Å². The van der Waals surface area contributed by atoms with Crippen molar-refractivity contribution >= 4 is 29.2 Å². The molecule has 0 saturated carbocycles. The molecule has 0 spiro atoms. The van der Waals surface area contributed by atoms with Gasteiger partial charge in [-0.15, -0.1) is 0 Å². The number of benzene rings is 1. The number of aromatic nitrogens is 2. The number of amides is 1. The topological polar surface area (TPSA) is 67.3 Å². The van der Waals surface area contributed by atoms with Crippen molar-refractivity contribution < 1.29 is 9.53 Å². The largest absolute Gasteiger partial charge is 0.372 e. The molecule has 1 amide bonds. The average Bonchev–Trinajstić information content (AvgIpc) is 3.13. The lowest BCUT2D eigenvalue weighted by Gasteiger charge is -2.28. The SMILES string of the molecule is CSNC(=O)COCCCCN(c1cnc(C2=CCC=CC=C2)c(-c2ccccc2)n1)C(C)C. The van der Waals surface area contributed by atoms with Crippen molar-refractivity contribution in [1.82, 2.24) is 14.7 Å². The highest BCUT2D eigenvalue weighted by atomic mass is 32.2. The number of carbonyl (C=O) groups excluding carboxylic acids is 1. The molecule has 34 heavy (non-hydrogen) atoms. The second-order valence-electron chi connectivity index (χ2n) is 8.25. The van der Waals surface area contributed by atoms with Gasteiger partial charge in [0.1, 0.15) is 12.4 Å². The molecule has 1 aliphatic carbocycles. The van der Waals surface area contributed by atoms with Gasteiger partial charge < -0.3 is 9.64 Å². The highest BCUT2D eigenvalue weighted by Crippen LogP contribution is 2.30. The summed E-state index contributed by atoms with van der Waals surface area (Å²) >= 11 is 1.28. The molecule has 0 radical (unpaired) electrons. The Balaban J connectivity index is 1.75. The highest BCUT2D eigenvalue weighted by Gasteiger charge is 2.18. The van der Waals surface area contributed by atoms with Crippen molar-refractivity contribution in [1.29, 1.82) is 0 Å².